The summed E-state index contributed by atoms with van der Waals surface area (Å²) in [5.74, 6) is 0. The largest absolute Gasteiger partial charge is 0.384 e. The second-order valence-corrected chi connectivity index (χ2v) is 3.69. The molecule has 16 heavy (non-hydrogen) atoms. The highest BCUT2D eigenvalue weighted by molar-refractivity contribution is 5.74. The summed E-state index contributed by atoms with van der Waals surface area (Å²) >= 11 is 0. The minimum Gasteiger partial charge on any atom is -0.384 e. The number of nitriles is 2. The number of anilines is 1. The summed E-state index contributed by atoms with van der Waals surface area (Å²) < 4.78 is 0. The van der Waals surface area contributed by atoms with E-state index in [-0.39, 0.29) is 5.57 Å². The first kappa shape index (κ1) is 10.3. The molecule has 0 spiro atoms. The van der Waals surface area contributed by atoms with Crippen molar-refractivity contribution in [1.82, 2.24) is 0 Å². The van der Waals surface area contributed by atoms with E-state index in [4.69, 9.17) is 10.5 Å². The van der Waals surface area contributed by atoms with Gasteiger partial charge < -0.3 is 5.32 Å². The summed E-state index contributed by atoms with van der Waals surface area (Å²) in [5, 5.41) is 20.8. The van der Waals surface area contributed by atoms with E-state index < -0.39 is 0 Å². The van der Waals surface area contributed by atoms with E-state index in [1.807, 2.05) is 24.3 Å². The maximum Gasteiger partial charge on any atom is 0.130 e. The highest BCUT2D eigenvalue weighted by Crippen LogP contribution is 2.27. The van der Waals surface area contributed by atoms with Crippen molar-refractivity contribution < 1.29 is 0 Å². The van der Waals surface area contributed by atoms with Crippen LogP contribution < -0.4 is 5.32 Å². The Labute approximate surface area is 94.6 Å². The molecule has 0 saturated carbocycles. The molecule has 0 radical (unpaired) electrons. The first-order valence-corrected chi connectivity index (χ1v) is 5.23. The van der Waals surface area contributed by atoms with Crippen molar-refractivity contribution in [1.29, 1.82) is 10.5 Å². The summed E-state index contributed by atoms with van der Waals surface area (Å²) in [5.41, 5.74) is 3.39. The zero-order chi connectivity index (χ0) is 11.4. The molecule has 78 valence electrons. The molecule has 1 heterocycles. The number of aryl methyl sites for hydroxylation is 1. The summed E-state index contributed by atoms with van der Waals surface area (Å²) in [4.78, 5) is 0. The maximum atomic E-state index is 8.73. The van der Waals surface area contributed by atoms with Crippen molar-refractivity contribution in [3.8, 4) is 12.1 Å². The third-order valence-electron chi connectivity index (χ3n) is 2.65. The first-order chi connectivity index (χ1) is 7.85. The second-order valence-electron chi connectivity index (χ2n) is 3.69. The van der Waals surface area contributed by atoms with Gasteiger partial charge in [0.1, 0.15) is 17.7 Å². The molecule has 1 aromatic carbocycles. The molecule has 1 aliphatic heterocycles. The van der Waals surface area contributed by atoms with Gasteiger partial charge in [0.05, 0.1) is 0 Å². The van der Waals surface area contributed by atoms with Crippen LogP contribution in [0.1, 0.15) is 17.5 Å². The third-order valence-corrected chi connectivity index (χ3v) is 2.65. The summed E-state index contributed by atoms with van der Waals surface area (Å²) in [6.07, 6.45) is 3.82. The molecular formula is C13H11N3. The molecule has 0 atom stereocenters. The minimum atomic E-state index is 0.140. The fourth-order valence-electron chi connectivity index (χ4n) is 1.90. The normalized spacial score (nSPS) is 12.6. The number of hydrogen-bond acceptors (Lipinski definition) is 3. The van der Waals surface area contributed by atoms with Crippen molar-refractivity contribution in [3.63, 3.8) is 0 Å². The van der Waals surface area contributed by atoms with Gasteiger partial charge in [-0.25, -0.2) is 0 Å². The van der Waals surface area contributed by atoms with Crippen LogP contribution in [0.4, 0.5) is 5.69 Å². The number of fused-ring (bicyclic) bond motifs is 1. The highest BCUT2D eigenvalue weighted by Gasteiger charge is 2.11. The van der Waals surface area contributed by atoms with Gasteiger partial charge in [-0.2, -0.15) is 10.5 Å². The second kappa shape index (κ2) is 4.51. The van der Waals surface area contributed by atoms with Gasteiger partial charge in [0.15, 0.2) is 0 Å². The molecule has 0 aromatic heterocycles. The van der Waals surface area contributed by atoms with Gasteiger partial charge in [-0.15, -0.1) is 0 Å². The van der Waals surface area contributed by atoms with Crippen molar-refractivity contribution in [2.75, 3.05) is 11.9 Å². The van der Waals surface area contributed by atoms with Crippen LogP contribution in [0, 0.1) is 22.7 Å². The molecule has 0 amide bonds. The van der Waals surface area contributed by atoms with Crippen LogP contribution in [-0.4, -0.2) is 6.54 Å². The molecule has 0 aliphatic carbocycles. The average molecular weight is 209 g/mol. The Kier molecular flexibility index (Phi) is 2.89. The molecule has 0 unspecified atom stereocenters. The number of hydrogen-bond donors (Lipinski definition) is 1. The van der Waals surface area contributed by atoms with E-state index in [0.717, 1.165) is 30.6 Å². The average Bonchev–Trinajstić information content (AvgIpc) is 2.36. The minimum absolute atomic E-state index is 0.140. The fraction of sp³-hybridized carbons (Fsp3) is 0.231. The Hall–Kier alpha value is -2.26. The molecule has 1 aliphatic rings. The lowest BCUT2D eigenvalue weighted by atomic mass is 9.98. The van der Waals surface area contributed by atoms with Crippen molar-refractivity contribution >= 4 is 11.8 Å². The van der Waals surface area contributed by atoms with Crippen LogP contribution >= 0.6 is 0 Å². The lowest BCUT2D eigenvalue weighted by molar-refractivity contribution is 0.829. The van der Waals surface area contributed by atoms with E-state index in [9.17, 15) is 0 Å². The SMILES string of the molecule is N#CC(C#N)=Cc1cccc2c1NCCC2. The predicted octanol–water partition coefficient (Wildman–Crippen LogP) is 2.48. The molecule has 2 rings (SSSR count). The molecular weight excluding hydrogens is 198 g/mol. The van der Waals surface area contributed by atoms with E-state index in [0.29, 0.717) is 0 Å². The quantitative estimate of drug-likeness (QED) is 0.723. The van der Waals surface area contributed by atoms with Crippen LogP contribution in [0.15, 0.2) is 23.8 Å². The van der Waals surface area contributed by atoms with Crippen molar-refractivity contribution in [2.45, 2.75) is 12.8 Å². The van der Waals surface area contributed by atoms with Crippen LogP contribution in [-0.2, 0) is 6.42 Å². The van der Waals surface area contributed by atoms with Crippen molar-refractivity contribution in [2.24, 2.45) is 0 Å². The van der Waals surface area contributed by atoms with Gasteiger partial charge in [0.25, 0.3) is 0 Å². The summed E-state index contributed by atoms with van der Waals surface area (Å²) in [6, 6.07) is 9.72. The summed E-state index contributed by atoms with van der Waals surface area (Å²) in [7, 11) is 0. The molecule has 0 fully saturated rings. The van der Waals surface area contributed by atoms with Gasteiger partial charge in [0.2, 0.25) is 0 Å². The van der Waals surface area contributed by atoms with Gasteiger partial charge in [-0.1, -0.05) is 18.2 Å². The van der Waals surface area contributed by atoms with E-state index in [1.165, 1.54) is 5.56 Å². The van der Waals surface area contributed by atoms with Gasteiger partial charge in [0, 0.05) is 12.2 Å². The Morgan fingerprint density at radius 1 is 1.31 bits per heavy atom. The van der Waals surface area contributed by atoms with Gasteiger partial charge in [-0.3, -0.25) is 0 Å². The molecule has 1 aromatic rings. The Balaban J connectivity index is 2.47. The van der Waals surface area contributed by atoms with Gasteiger partial charge >= 0.3 is 0 Å². The molecule has 0 bridgehead atoms. The third kappa shape index (κ3) is 1.89. The highest BCUT2D eigenvalue weighted by atomic mass is 14.9. The monoisotopic (exact) mass is 209 g/mol. The number of allylic oxidation sites excluding steroid dienone is 1. The van der Waals surface area contributed by atoms with Crippen LogP contribution in [0.3, 0.4) is 0 Å². The maximum absolute atomic E-state index is 8.73. The summed E-state index contributed by atoms with van der Waals surface area (Å²) in [6.45, 7) is 0.951. The van der Waals surface area contributed by atoms with Crippen molar-refractivity contribution in [3.05, 3.63) is 34.9 Å². The van der Waals surface area contributed by atoms with Crippen LogP contribution in [0.2, 0.25) is 0 Å². The lowest BCUT2D eigenvalue weighted by Crippen LogP contribution is -2.12. The van der Waals surface area contributed by atoms with E-state index in [1.54, 1.807) is 6.08 Å². The molecule has 3 nitrogen and oxygen atoms in total. The number of benzene rings is 1. The Morgan fingerprint density at radius 2 is 2.12 bits per heavy atom. The van der Waals surface area contributed by atoms with E-state index in [2.05, 4.69) is 11.4 Å². The predicted molar refractivity (Wildman–Crippen MR) is 62.5 cm³/mol. The molecule has 0 saturated heterocycles. The number of nitrogens with one attached hydrogen (secondary N) is 1. The van der Waals surface area contributed by atoms with Crippen LogP contribution in [0.25, 0.3) is 6.08 Å². The van der Waals surface area contributed by atoms with Crippen LogP contribution in [0.5, 0.6) is 0 Å². The van der Waals surface area contributed by atoms with E-state index >= 15 is 0 Å². The Bertz CT molecular complexity index is 499. The first-order valence-electron chi connectivity index (χ1n) is 5.23. The lowest BCUT2D eigenvalue weighted by Gasteiger charge is -2.19. The fourth-order valence-corrected chi connectivity index (χ4v) is 1.90. The van der Waals surface area contributed by atoms with Gasteiger partial charge in [-0.05, 0) is 30.0 Å². The Morgan fingerprint density at radius 3 is 2.88 bits per heavy atom. The standard InChI is InChI=1S/C13H11N3/c14-8-10(9-15)7-12-4-1-3-11-5-2-6-16-13(11)12/h1,3-4,7,16H,2,5-6H2. The topological polar surface area (TPSA) is 59.6 Å². The zero-order valence-corrected chi connectivity index (χ0v) is 8.83. The zero-order valence-electron chi connectivity index (χ0n) is 8.83. The molecule has 3 heteroatoms. The smallest absolute Gasteiger partial charge is 0.130 e. The number of rotatable bonds is 1. The molecule has 1 N–H and O–H groups in total. The number of para-hydroxylation sites is 1. The number of nitrogens with zero attached hydrogens (tertiary/aromatic N) is 2.